The fourth-order valence-corrected chi connectivity index (χ4v) is 1.18. The van der Waals surface area contributed by atoms with E-state index >= 15 is 0 Å². The Labute approximate surface area is 83.6 Å². The Balaban J connectivity index is 3.01. The van der Waals surface area contributed by atoms with Crippen molar-refractivity contribution in [1.82, 2.24) is 0 Å². The van der Waals surface area contributed by atoms with E-state index in [1.807, 2.05) is 38.4 Å². The van der Waals surface area contributed by atoms with Gasteiger partial charge >= 0.3 is 0 Å². The van der Waals surface area contributed by atoms with E-state index in [0.717, 1.165) is 17.8 Å². The molecule has 0 radical (unpaired) electrons. The lowest BCUT2D eigenvalue weighted by Crippen LogP contribution is -1.87. The van der Waals surface area contributed by atoms with Gasteiger partial charge < -0.3 is 5.32 Å². The maximum absolute atomic E-state index is 5.85. The predicted octanol–water partition coefficient (Wildman–Crippen LogP) is 3.49. The third-order valence-electron chi connectivity index (χ3n) is 1.64. The van der Waals surface area contributed by atoms with Crippen LogP contribution < -0.4 is 5.32 Å². The Morgan fingerprint density at radius 1 is 1.54 bits per heavy atom. The number of anilines is 1. The first-order valence-electron chi connectivity index (χ1n) is 4.27. The molecule has 1 rings (SSSR count). The summed E-state index contributed by atoms with van der Waals surface area (Å²) >= 11 is 5.85. The van der Waals surface area contributed by atoms with Crippen LogP contribution in [0.5, 0.6) is 0 Å². The smallest absolute Gasteiger partial charge is 0.0871 e. The van der Waals surface area contributed by atoms with Crippen LogP contribution in [0.1, 0.15) is 13.3 Å². The standard InChI is InChI=1S/C10H13ClN2/c1-3-6-13-10-7-8(11)4-5-9(10)12-2/h4-7,12H,3H2,1-2H3. The van der Waals surface area contributed by atoms with Crippen LogP contribution in [0.3, 0.4) is 0 Å². The lowest BCUT2D eigenvalue weighted by molar-refractivity contribution is 1.31. The van der Waals surface area contributed by atoms with Gasteiger partial charge in [0.2, 0.25) is 0 Å². The van der Waals surface area contributed by atoms with Crippen molar-refractivity contribution in [3.05, 3.63) is 23.2 Å². The SMILES string of the molecule is CCC=Nc1cc(Cl)ccc1NC. The topological polar surface area (TPSA) is 24.4 Å². The fourth-order valence-electron chi connectivity index (χ4n) is 1.01. The van der Waals surface area contributed by atoms with Crippen molar-refractivity contribution in [3.63, 3.8) is 0 Å². The summed E-state index contributed by atoms with van der Waals surface area (Å²) in [7, 11) is 1.87. The molecule has 13 heavy (non-hydrogen) atoms. The van der Waals surface area contributed by atoms with Crippen molar-refractivity contribution >= 4 is 29.2 Å². The maximum atomic E-state index is 5.85. The van der Waals surface area contributed by atoms with Gasteiger partial charge in [0.05, 0.1) is 11.4 Å². The highest BCUT2D eigenvalue weighted by Crippen LogP contribution is 2.27. The third kappa shape index (κ3) is 2.74. The zero-order chi connectivity index (χ0) is 9.68. The monoisotopic (exact) mass is 196 g/mol. The zero-order valence-electron chi connectivity index (χ0n) is 7.84. The summed E-state index contributed by atoms with van der Waals surface area (Å²) in [4.78, 5) is 4.28. The molecular formula is C10H13ClN2. The molecule has 0 atom stereocenters. The Bertz CT molecular complexity index is 308. The highest BCUT2D eigenvalue weighted by molar-refractivity contribution is 6.31. The fraction of sp³-hybridized carbons (Fsp3) is 0.300. The number of hydrogen-bond donors (Lipinski definition) is 1. The highest BCUT2D eigenvalue weighted by Gasteiger charge is 1.98. The van der Waals surface area contributed by atoms with Gasteiger partial charge in [-0.15, -0.1) is 0 Å². The number of hydrogen-bond acceptors (Lipinski definition) is 2. The molecule has 1 N–H and O–H groups in total. The van der Waals surface area contributed by atoms with Crippen LogP contribution in [0.2, 0.25) is 5.02 Å². The van der Waals surface area contributed by atoms with Crippen LogP contribution in [0.4, 0.5) is 11.4 Å². The molecule has 2 nitrogen and oxygen atoms in total. The van der Waals surface area contributed by atoms with Crippen LogP contribution in [-0.4, -0.2) is 13.3 Å². The zero-order valence-corrected chi connectivity index (χ0v) is 8.60. The van der Waals surface area contributed by atoms with E-state index in [9.17, 15) is 0 Å². The molecule has 3 heteroatoms. The van der Waals surface area contributed by atoms with Gasteiger partial charge in [-0.3, -0.25) is 4.99 Å². The van der Waals surface area contributed by atoms with Crippen LogP contribution >= 0.6 is 11.6 Å². The van der Waals surface area contributed by atoms with Crippen molar-refractivity contribution in [2.75, 3.05) is 12.4 Å². The van der Waals surface area contributed by atoms with E-state index in [4.69, 9.17) is 11.6 Å². The first-order chi connectivity index (χ1) is 6.27. The maximum Gasteiger partial charge on any atom is 0.0871 e. The number of benzene rings is 1. The molecule has 0 aliphatic carbocycles. The quantitative estimate of drug-likeness (QED) is 0.736. The normalized spacial score (nSPS) is 10.7. The minimum atomic E-state index is 0.710. The van der Waals surface area contributed by atoms with E-state index in [-0.39, 0.29) is 0 Å². The molecule has 1 aromatic carbocycles. The summed E-state index contributed by atoms with van der Waals surface area (Å²) in [6, 6.07) is 5.61. The predicted molar refractivity (Wildman–Crippen MR) is 59.4 cm³/mol. The molecule has 0 unspecified atom stereocenters. The van der Waals surface area contributed by atoms with Crippen molar-refractivity contribution in [1.29, 1.82) is 0 Å². The molecular weight excluding hydrogens is 184 g/mol. The first kappa shape index (κ1) is 10.1. The molecule has 1 aromatic rings. The molecule has 0 fully saturated rings. The van der Waals surface area contributed by atoms with Gasteiger partial charge in [-0.05, 0) is 24.6 Å². The minimum absolute atomic E-state index is 0.710. The molecule has 70 valence electrons. The number of nitrogens with one attached hydrogen (secondary N) is 1. The van der Waals surface area contributed by atoms with Gasteiger partial charge in [0.1, 0.15) is 0 Å². The first-order valence-corrected chi connectivity index (χ1v) is 4.65. The Hall–Kier alpha value is -1.02. The van der Waals surface area contributed by atoms with Crippen molar-refractivity contribution in [3.8, 4) is 0 Å². The second-order valence-corrected chi connectivity index (χ2v) is 3.07. The average molecular weight is 197 g/mol. The lowest BCUT2D eigenvalue weighted by atomic mass is 10.2. The van der Waals surface area contributed by atoms with Gasteiger partial charge in [0.15, 0.2) is 0 Å². The summed E-state index contributed by atoms with van der Waals surface area (Å²) in [5, 5.41) is 3.77. The largest absolute Gasteiger partial charge is 0.386 e. The summed E-state index contributed by atoms with van der Waals surface area (Å²) in [6.07, 6.45) is 2.79. The minimum Gasteiger partial charge on any atom is -0.386 e. The van der Waals surface area contributed by atoms with Crippen molar-refractivity contribution < 1.29 is 0 Å². The van der Waals surface area contributed by atoms with E-state index in [1.54, 1.807) is 0 Å². The summed E-state index contributed by atoms with van der Waals surface area (Å²) in [5.41, 5.74) is 1.88. The molecule has 0 bridgehead atoms. The molecule has 0 heterocycles. The van der Waals surface area contributed by atoms with Gasteiger partial charge in [-0.2, -0.15) is 0 Å². The number of aliphatic imine (C=N–C) groups is 1. The molecule has 0 aliphatic heterocycles. The molecule has 0 saturated heterocycles. The number of halogens is 1. The number of rotatable bonds is 3. The average Bonchev–Trinajstić information content (AvgIpc) is 2.15. The second kappa shape index (κ2) is 4.87. The number of nitrogens with zero attached hydrogens (tertiary/aromatic N) is 1. The van der Waals surface area contributed by atoms with Gasteiger partial charge in [0.25, 0.3) is 0 Å². The second-order valence-electron chi connectivity index (χ2n) is 2.63. The van der Waals surface area contributed by atoms with Crippen molar-refractivity contribution in [2.24, 2.45) is 4.99 Å². The van der Waals surface area contributed by atoms with Crippen molar-refractivity contribution in [2.45, 2.75) is 13.3 Å². The Morgan fingerprint density at radius 2 is 2.31 bits per heavy atom. The van der Waals surface area contributed by atoms with Crippen LogP contribution in [0, 0.1) is 0 Å². The lowest BCUT2D eigenvalue weighted by Gasteiger charge is -2.04. The molecule has 0 amide bonds. The van der Waals surface area contributed by atoms with E-state index in [2.05, 4.69) is 10.3 Å². The van der Waals surface area contributed by atoms with E-state index in [0.29, 0.717) is 5.02 Å². The van der Waals surface area contributed by atoms with Gasteiger partial charge in [-0.25, -0.2) is 0 Å². The third-order valence-corrected chi connectivity index (χ3v) is 1.88. The van der Waals surface area contributed by atoms with Crippen LogP contribution in [-0.2, 0) is 0 Å². The summed E-state index contributed by atoms with van der Waals surface area (Å²) in [6.45, 7) is 2.05. The van der Waals surface area contributed by atoms with E-state index in [1.165, 1.54) is 0 Å². The van der Waals surface area contributed by atoms with E-state index < -0.39 is 0 Å². The highest BCUT2D eigenvalue weighted by atomic mass is 35.5. The van der Waals surface area contributed by atoms with Gasteiger partial charge in [-0.1, -0.05) is 18.5 Å². The summed E-state index contributed by atoms with van der Waals surface area (Å²) < 4.78 is 0. The molecule has 0 spiro atoms. The molecule has 0 aromatic heterocycles. The summed E-state index contributed by atoms with van der Waals surface area (Å²) in [5.74, 6) is 0. The van der Waals surface area contributed by atoms with Crippen LogP contribution in [0.25, 0.3) is 0 Å². The Kier molecular flexibility index (Phi) is 3.77. The molecule has 0 aliphatic rings. The Morgan fingerprint density at radius 3 is 2.92 bits per heavy atom. The van der Waals surface area contributed by atoms with Crippen LogP contribution in [0.15, 0.2) is 23.2 Å². The van der Waals surface area contributed by atoms with Gasteiger partial charge in [0, 0.05) is 18.3 Å². The molecule has 0 saturated carbocycles.